The van der Waals surface area contributed by atoms with Gasteiger partial charge in [0.1, 0.15) is 16.5 Å². The molecule has 7 heteroatoms. The van der Waals surface area contributed by atoms with Crippen molar-refractivity contribution >= 4 is 21.5 Å². The zero-order valence-corrected chi connectivity index (χ0v) is 10.9. The van der Waals surface area contributed by atoms with E-state index in [0.717, 1.165) is 6.07 Å². The average molecular weight is 281 g/mol. The monoisotopic (exact) mass is 281 g/mol. The molecule has 0 saturated carbocycles. The Bertz CT molecular complexity index is 696. The van der Waals surface area contributed by atoms with Crippen LogP contribution in [0, 0.1) is 12.7 Å². The van der Waals surface area contributed by atoms with Crippen molar-refractivity contribution in [2.24, 2.45) is 0 Å². The number of nitrogens with two attached hydrogens (primary N) is 1. The van der Waals surface area contributed by atoms with Gasteiger partial charge >= 0.3 is 0 Å². The van der Waals surface area contributed by atoms with Gasteiger partial charge in [0.2, 0.25) is 0 Å². The van der Waals surface area contributed by atoms with E-state index in [4.69, 9.17) is 5.73 Å². The lowest BCUT2D eigenvalue weighted by atomic mass is 10.2. The summed E-state index contributed by atoms with van der Waals surface area (Å²) in [4.78, 5) is 3.56. The van der Waals surface area contributed by atoms with E-state index in [2.05, 4.69) is 9.71 Å². The van der Waals surface area contributed by atoms with Crippen molar-refractivity contribution < 1.29 is 12.8 Å². The Morgan fingerprint density at radius 2 is 2.05 bits per heavy atom. The van der Waals surface area contributed by atoms with E-state index in [1.54, 1.807) is 6.92 Å². The van der Waals surface area contributed by atoms with E-state index in [9.17, 15) is 12.8 Å². The number of rotatable bonds is 3. The lowest BCUT2D eigenvalue weighted by Crippen LogP contribution is -2.15. The normalized spacial score (nSPS) is 11.3. The molecule has 2 rings (SSSR count). The average Bonchev–Trinajstić information content (AvgIpc) is 2.26. The zero-order chi connectivity index (χ0) is 14.0. The summed E-state index contributed by atoms with van der Waals surface area (Å²) in [5.74, 6) is -0.625. The summed E-state index contributed by atoms with van der Waals surface area (Å²) in [5, 5.41) is 0. The van der Waals surface area contributed by atoms with Gasteiger partial charge in [0, 0.05) is 6.20 Å². The van der Waals surface area contributed by atoms with E-state index in [0.29, 0.717) is 5.56 Å². The summed E-state index contributed by atoms with van der Waals surface area (Å²) in [5.41, 5.74) is 6.26. The summed E-state index contributed by atoms with van der Waals surface area (Å²) in [6.07, 6.45) is 1.39. The van der Waals surface area contributed by atoms with Crippen LogP contribution in [0.1, 0.15) is 5.56 Å². The maximum atomic E-state index is 13.2. The van der Waals surface area contributed by atoms with Crippen molar-refractivity contribution in [3.05, 3.63) is 47.9 Å². The second kappa shape index (κ2) is 4.85. The molecule has 0 aliphatic carbocycles. The van der Waals surface area contributed by atoms with Gasteiger partial charge in [-0.25, -0.2) is 17.8 Å². The molecule has 1 heterocycles. The zero-order valence-electron chi connectivity index (χ0n) is 10.1. The van der Waals surface area contributed by atoms with Gasteiger partial charge in [0.15, 0.2) is 0 Å². The number of benzene rings is 1. The van der Waals surface area contributed by atoms with Gasteiger partial charge in [-0.05, 0) is 42.8 Å². The van der Waals surface area contributed by atoms with Crippen LogP contribution in [0.25, 0.3) is 0 Å². The topological polar surface area (TPSA) is 85.1 Å². The Labute approximate surface area is 110 Å². The summed E-state index contributed by atoms with van der Waals surface area (Å²) >= 11 is 0. The molecule has 5 nitrogen and oxygen atoms in total. The smallest absolute Gasteiger partial charge is 0.265 e. The van der Waals surface area contributed by atoms with E-state index < -0.39 is 15.8 Å². The molecule has 0 spiro atoms. The first-order valence-electron chi connectivity index (χ1n) is 5.39. The number of sulfonamides is 1. The number of hydrogen-bond donors (Lipinski definition) is 2. The summed E-state index contributed by atoms with van der Waals surface area (Å²) in [6.45, 7) is 1.67. The first-order chi connectivity index (χ1) is 8.88. The van der Waals surface area contributed by atoms with Crippen molar-refractivity contribution in [1.29, 1.82) is 0 Å². The van der Waals surface area contributed by atoms with Crippen LogP contribution in [0.15, 0.2) is 41.4 Å². The van der Waals surface area contributed by atoms with Crippen molar-refractivity contribution in [2.75, 3.05) is 10.5 Å². The van der Waals surface area contributed by atoms with E-state index >= 15 is 0 Å². The summed E-state index contributed by atoms with van der Waals surface area (Å²) in [6, 6.07) is 6.71. The predicted molar refractivity (Wildman–Crippen MR) is 70.6 cm³/mol. The number of nitrogens with zero attached hydrogens (tertiary/aromatic N) is 1. The van der Waals surface area contributed by atoms with Crippen molar-refractivity contribution in [2.45, 2.75) is 11.8 Å². The van der Waals surface area contributed by atoms with Crippen LogP contribution in [-0.4, -0.2) is 13.4 Å². The quantitative estimate of drug-likeness (QED) is 0.900. The molecule has 0 amide bonds. The number of halogens is 1. The van der Waals surface area contributed by atoms with E-state index in [1.807, 2.05) is 0 Å². The van der Waals surface area contributed by atoms with Crippen LogP contribution in [0.3, 0.4) is 0 Å². The number of hydrogen-bond acceptors (Lipinski definition) is 4. The van der Waals surface area contributed by atoms with Gasteiger partial charge in [-0.3, -0.25) is 4.72 Å². The molecule has 0 unspecified atom stereocenters. The highest BCUT2D eigenvalue weighted by Crippen LogP contribution is 2.21. The molecule has 3 N–H and O–H groups in total. The van der Waals surface area contributed by atoms with Crippen molar-refractivity contribution in [3.8, 4) is 0 Å². The molecule has 0 saturated heterocycles. The SMILES string of the molecule is Cc1cc(F)cc(NS(=O)(=O)c2cccnc2N)c1. The maximum Gasteiger partial charge on any atom is 0.265 e. The number of nitrogen functional groups attached to an aromatic ring is 1. The fourth-order valence-corrected chi connectivity index (χ4v) is 2.76. The lowest BCUT2D eigenvalue weighted by Gasteiger charge is -2.10. The number of pyridine rings is 1. The molecule has 1 aromatic heterocycles. The molecule has 19 heavy (non-hydrogen) atoms. The highest BCUT2D eigenvalue weighted by Gasteiger charge is 2.18. The fourth-order valence-electron chi connectivity index (χ4n) is 1.64. The van der Waals surface area contributed by atoms with E-state index in [-0.39, 0.29) is 16.4 Å². The van der Waals surface area contributed by atoms with Gasteiger partial charge in [0.05, 0.1) is 5.69 Å². The Kier molecular flexibility index (Phi) is 3.39. The van der Waals surface area contributed by atoms with Gasteiger partial charge in [-0.15, -0.1) is 0 Å². The first-order valence-corrected chi connectivity index (χ1v) is 6.87. The van der Waals surface area contributed by atoms with Crippen LogP contribution in [0.2, 0.25) is 0 Å². The minimum atomic E-state index is -3.88. The molecular weight excluding hydrogens is 269 g/mol. The third-order valence-corrected chi connectivity index (χ3v) is 3.81. The summed E-state index contributed by atoms with van der Waals surface area (Å²) in [7, 11) is -3.88. The van der Waals surface area contributed by atoms with Crippen LogP contribution in [0.4, 0.5) is 15.9 Å². The second-order valence-corrected chi connectivity index (χ2v) is 5.66. The largest absolute Gasteiger partial charge is 0.383 e. The molecule has 0 bridgehead atoms. The molecule has 1 aromatic carbocycles. The van der Waals surface area contributed by atoms with Crippen LogP contribution in [-0.2, 0) is 10.0 Å². The third kappa shape index (κ3) is 3.00. The summed E-state index contributed by atoms with van der Waals surface area (Å²) < 4.78 is 39.7. The molecule has 2 aromatic rings. The molecule has 0 atom stereocenters. The van der Waals surface area contributed by atoms with Gasteiger partial charge < -0.3 is 5.73 Å². The maximum absolute atomic E-state index is 13.2. The van der Waals surface area contributed by atoms with Crippen LogP contribution >= 0.6 is 0 Å². The molecular formula is C12H12FN3O2S. The highest BCUT2D eigenvalue weighted by atomic mass is 32.2. The molecule has 0 aliphatic heterocycles. The Morgan fingerprint density at radius 3 is 2.68 bits per heavy atom. The Balaban J connectivity index is 2.39. The minimum Gasteiger partial charge on any atom is -0.383 e. The molecule has 0 radical (unpaired) electrons. The van der Waals surface area contributed by atoms with E-state index in [1.165, 1.54) is 30.5 Å². The molecule has 0 fully saturated rings. The van der Waals surface area contributed by atoms with Crippen molar-refractivity contribution in [3.63, 3.8) is 0 Å². The number of aryl methyl sites for hydroxylation is 1. The standard InChI is InChI=1S/C12H12FN3O2S/c1-8-5-9(13)7-10(6-8)16-19(17,18)11-3-2-4-15-12(11)14/h2-7,16H,1H3,(H2,14,15). The number of aromatic nitrogens is 1. The highest BCUT2D eigenvalue weighted by molar-refractivity contribution is 7.92. The predicted octanol–water partition coefficient (Wildman–Crippen LogP) is 1.91. The van der Waals surface area contributed by atoms with Crippen molar-refractivity contribution in [1.82, 2.24) is 4.98 Å². The molecule has 100 valence electrons. The first kappa shape index (κ1) is 13.3. The van der Waals surface area contributed by atoms with Crippen LogP contribution < -0.4 is 10.5 Å². The minimum absolute atomic E-state index is 0.108. The van der Waals surface area contributed by atoms with Crippen LogP contribution in [0.5, 0.6) is 0 Å². The fraction of sp³-hybridized carbons (Fsp3) is 0.0833. The third-order valence-electron chi connectivity index (χ3n) is 2.38. The van der Waals surface area contributed by atoms with Gasteiger partial charge in [0.25, 0.3) is 10.0 Å². The van der Waals surface area contributed by atoms with Gasteiger partial charge in [-0.1, -0.05) is 0 Å². The number of anilines is 2. The Morgan fingerprint density at radius 1 is 1.32 bits per heavy atom. The van der Waals surface area contributed by atoms with Gasteiger partial charge in [-0.2, -0.15) is 0 Å². The molecule has 0 aliphatic rings. The second-order valence-electron chi connectivity index (χ2n) is 4.01. The Hall–Kier alpha value is -2.15. The lowest BCUT2D eigenvalue weighted by molar-refractivity contribution is 0.601. The number of nitrogens with one attached hydrogen (secondary N) is 1.